The maximum absolute atomic E-state index is 12.2. The predicted molar refractivity (Wildman–Crippen MR) is 90.9 cm³/mol. The van der Waals surface area contributed by atoms with E-state index in [-0.39, 0.29) is 5.91 Å². The van der Waals surface area contributed by atoms with E-state index in [1.807, 2.05) is 18.2 Å². The second-order valence-corrected chi connectivity index (χ2v) is 6.89. The van der Waals surface area contributed by atoms with Crippen LogP contribution in [0.15, 0.2) is 24.4 Å². The second-order valence-electron chi connectivity index (χ2n) is 6.89. The zero-order valence-corrected chi connectivity index (χ0v) is 13.8. The average molecular weight is 316 g/mol. The molecule has 0 bridgehead atoms. The van der Waals surface area contributed by atoms with E-state index in [0.29, 0.717) is 31.6 Å². The summed E-state index contributed by atoms with van der Waals surface area (Å²) in [4.78, 5) is 19.0. The molecule has 1 saturated carbocycles. The van der Waals surface area contributed by atoms with Gasteiger partial charge < -0.3 is 11.1 Å². The number of rotatable bonds is 8. The van der Waals surface area contributed by atoms with Gasteiger partial charge in [0.05, 0.1) is 0 Å². The highest BCUT2D eigenvalue weighted by Gasteiger charge is 2.37. The molecular formula is C18H28N4O. The fourth-order valence-electron chi connectivity index (χ4n) is 3.55. The summed E-state index contributed by atoms with van der Waals surface area (Å²) >= 11 is 0. The molecule has 1 aromatic heterocycles. The number of carbonyl (C=O) groups excluding carboxylic acids is 1. The molecule has 5 heteroatoms. The van der Waals surface area contributed by atoms with Crippen LogP contribution in [0.4, 0.5) is 0 Å². The Morgan fingerprint density at radius 3 is 2.78 bits per heavy atom. The first kappa shape index (κ1) is 16.4. The van der Waals surface area contributed by atoms with Crippen LogP contribution in [0.25, 0.3) is 0 Å². The van der Waals surface area contributed by atoms with E-state index in [1.165, 1.54) is 12.8 Å². The topological polar surface area (TPSA) is 71.2 Å². The fraction of sp³-hybridized carbons (Fsp3) is 0.667. The van der Waals surface area contributed by atoms with Gasteiger partial charge in [0.25, 0.3) is 0 Å². The van der Waals surface area contributed by atoms with E-state index < -0.39 is 0 Å². The second kappa shape index (κ2) is 7.88. The van der Waals surface area contributed by atoms with Crippen LogP contribution in [0.5, 0.6) is 0 Å². The number of nitrogens with zero attached hydrogens (tertiary/aromatic N) is 2. The van der Waals surface area contributed by atoms with Gasteiger partial charge in [0.2, 0.25) is 5.91 Å². The quantitative estimate of drug-likeness (QED) is 0.759. The Morgan fingerprint density at radius 2 is 2.09 bits per heavy atom. The van der Waals surface area contributed by atoms with Crippen molar-refractivity contribution < 1.29 is 4.79 Å². The van der Waals surface area contributed by atoms with E-state index in [4.69, 9.17) is 5.73 Å². The Morgan fingerprint density at radius 1 is 1.26 bits per heavy atom. The van der Waals surface area contributed by atoms with Gasteiger partial charge in [0, 0.05) is 56.5 Å². The molecule has 2 atom stereocenters. The lowest BCUT2D eigenvalue weighted by molar-refractivity contribution is -0.122. The molecule has 0 radical (unpaired) electrons. The maximum atomic E-state index is 12.2. The van der Waals surface area contributed by atoms with Gasteiger partial charge in [-0.3, -0.25) is 14.7 Å². The van der Waals surface area contributed by atoms with Crippen LogP contribution in [0.3, 0.4) is 0 Å². The van der Waals surface area contributed by atoms with E-state index in [2.05, 4.69) is 15.2 Å². The smallest absolute Gasteiger partial charge is 0.221 e. The molecule has 0 aromatic carbocycles. The molecule has 1 aliphatic heterocycles. The zero-order valence-electron chi connectivity index (χ0n) is 13.8. The normalized spacial score (nSPS) is 24.7. The molecule has 3 N–H and O–H groups in total. The Hall–Kier alpha value is -1.46. The molecule has 2 aliphatic rings. The SMILES string of the molecule is NC[C@H]1CC[C@@H](CC(=O)NCCc2ccccn2)N1CC1CC1. The number of amides is 1. The predicted octanol–water partition coefficient (Wildman–Crippen LogP) is 1.33. The first-order valence-corrected chi connectivity index (χ1v) is 8.88. The Kier molecular flexibility index (Phi) is 5.62. The summed E-state index contributed by atoms with van der Waals surface area (Å²) in [5.41, 5.74) is 6.93. The van der Waals surface area contributed by atoms with Crippen molar-refractivity contribution in [1.82, 2.24) is 15.2 Å². The van der Waals surface area contributed by atoms with Crippen molar-refractivity contribution in [2.24, 2.45) is 11.7 Å². The Balaban J connectivity index is 1.43. The highest BCUT2D eigenvalue weighted by Crippen LogP contribution is 2.35. The lowest BCUT2D eigenvalue weighted by atomic mass is 10.1. The van der Waals surface area contributed by atoms with Crippen LogP contribution < -0.4 is 11.1 Å². The lowest BCUT2D eigenvalue weighted by Gasteiger charge is -2.29. The first-order chi connectivity index (χ1) is 11.3. The highest BCUT2D eigenvalue weighted by atomic mass is 16.1. The minimum absolute atomic E-state index is 0.157. The minimum Gasteiger partial charge on any atom is -0.356 e. The van der Waals surface area contributed by atoms with Crippen molar-refractivity contribution in [3.8, 4) is 0 Å². The number of carbonyl (C=O) groups is 1. The summed E-state index contributed by atoms with van der Waals surface area (Å²) in [6, 6.07) is 6.73. The van der Waals surface area contributed by atoms with Gasteiger partial charge in [0.1, 0.15) is 0 Å². The van der Waals surface area contributed by atoms with Crippen LogP contribution in [0.1, 0.15) is 37.8 Å². The molecule has 1 amide bonds. The lowest BCUT2D eigenvalue weighted by Crippen LogP contribution is -2.43. The first-order valence-electron chi connectivity index (χ1n) is 8.88. The fourth-order valence-corrected chi connectivity index (χ4v) is 3.55. The van der Waals surface area contributed by atoms with Crippen molar-refractivity contribution in [1.29, 1.82) is 0 Å². The van der Waals surface area contributed by atoms with Crippen LogP contribution in [-0.4, -0.2) is 47.5 Å². The highest BCUT2D eigenvalue weighted by molar-refractivity contribution is 5.76. The van der Waals surface area contributed by atoms with Crippen LogP contribution in [0.2, 0.25) is 0 Å². The van der Waals surface area contributed by atoms with Gasteiger partial charge in [-0.15, -0.1) is 0 Å². The summed E-state index contributed by atoms with van der Waals surface area (Å²) in [6.07, 6.45) is 8.10. The Bertz CT molecular complexity index is 503. The number of pyridine rings is 1. The molecule has 1 saturated heterocycles. The van der Waals surface area contributed by atoms with Gasteiger partial charge in [-0.05, 0) is 43.7 Å². The summed E-state index contributed by atoms with van der Waals surface area (Å²) in [7, 11) is 0. The van der Waals surface area contributed by atoms with Gasteiger partial charge in [-0.2, -0.15) is 0 Å². The number of nitrogens with one attached hydrogen (secondary N) is 1. The zero-order chi connectivity index (χ0) is 16.1. The summed E-state index contributed by atoms with van der Waals surface area (Å²) in [6.45, 7) is 2.50. The molecular weight excluding hydrogens is 288 g/mol. The average Bonchev–Trinajstić information content (AvgIpc) is 3.30. The van der Waals surface area contributed by atoms with Crippen molar-refractivity contribution in [3.63, 3.8) is 0 Å². The molecule has 126 valence electrons. The number of likely N-dealkylation sites (tertiary alicyclic amines) is 1. The van der Waals surface area contributed by atoms with Crippen LogP contribution >= 0.6 is 0 Å². The maximum Gasteiger partial charge on any atom is 0.221 e. The Labute approximate surface area is 138 Å². The van der Waals surface area contributed by atoms with Crippen LogP contribution in [-0.2, 0) is 11.2 Å². The monoisotopic (exact) mass is 316 g/mol. The number of aromatic nitrogens is 1. The van der Waals surface area contributed by atoms with E-state index in [1.54, 1.807) is 6.20 Å². The van der Waals surface area contributed by atoms with Crippen molar-refractivity contribution in [2.75, 3.05) is 19.6 Å². The number of hydrogen-bond donors (Lipinski definition) is 2. The third-order valence-corrected chi connectivity index (χ3v) is 5.06. The molecule has 0 unspecified atom stereocenters. The number of nitrogens with two attached hydrogens (primary N) is 1. The van der Waals surface area contributed by atoms with Crippen LogP contribution in [0, 0.1) is 5.92 Å². The van der Waals surface area contributed by atoms with Gasteiger partial charge in [0.15, 0.2) is 0 Å². The standard InChI is InChI=1S/C18H28N4O/c19-12-17-7-6-16(22(17)13-14-4-5-14)11-18(23)21-10-8-15-3-1-2-9-20-15/h1-3,9,14,16-17H,4-8,10-13,19H2,(H,21,23)/t16-,17+/m0/s1. The molecule has 1 aromatic rings. The number of hydrogen-bond acceptors (Lipinski definition) is 4. The van der Waals surface area contributed by atoms with Gasteiger partial charge in [-0.1, -0.05) is 6.07 Å². The van der Waals surface area contributed by atoms with E-state index >= 15 is 0 Å². The van der Waals surface area contributed by atoms with Crippen molar-refractivity contribution >= 4 is 5.91 Å². The van der Waals surface area contributed by atoms with E-state index in [9.17, 15) is 4.79 Å². The molecule has 23 heavy (non-hydrogen) atoms. The van der Waals surface area contributed by atoms with Gasteiger partial charge >= 0.3 is 0 Å². The van der Waals surface area contributed by atoms with Crippen molar-refractivity contribution in [2.45, 2.75) is 50.6 Å². The molecule has 0 spiro atoms. The van der Waals surface area contributed by atoms with E-state index in [0.717, 1.165) is 37.4 Å². The third kappa shape index (κ3) is 4.75. The molecule has 2 heterocycles. The summed E-state index contributed by atoms with van der Waals surface area (Å²) < 4.78 is 0. The summed E-state index contributed by atoms with van der Waals surface area (Å²) in [5.74, 6) is 1.00. The molecule has 1 aliphatic carbocycles. The van der Waals surface area contributed by atoms with Gasteiger partial charge in [-0.25, -0.2) is 0 Å². The molecule has 3 rings (SSSR count). The largest absolute Gasteiger partial charge is 0.356 e. The summed E-state index contributed by atoms with van der Waals surface area (Å²) in [5, 5.41) is 3.04. The minimum atomic E-state index is 0.157. The molecule has 2 fully saturated rings. The third-order valence-electron chi connectivity index (χ3n) is 5.06. The van der Waals surface area contributed by atoms with Crippen molar-refractivity contribution in [3.05, 3.63) is 30.1 Å². The molecule has 5 nitrogen and oxygen atoms in total.